The molecule has 1 saturated carbocycles. The summed E-state index contributed by atoms with van der Waals surface area (Å²) >= 11 is 1.44. The average molecular weight is 295 g/mol. The topological polar surface area (TPSA) is 70.8 Å². The molecular formula is C14H17NO4S. The van der Waals surface area contributed by atoms with Crippen molar-refractivity contribution in [2.75, 3.05) is 19.3 Å². The molecule has 0 radical (unpaired) electrons. The molecule has 20 heavy (non-hydrogen) atoms. The average Bonchev–Trinajstić information content (AvgIpc) is 3.02. The van der Waals surface area contributed by atoms with E-state index in [4.69, 9.17) is 4.42 Å². The zero-order valence-corrected chi connectivity index (χ0v) is 12.1. The van der Waals surface area contributed by atoms with Crippen molar-refractivity contribution in [3.63, 3.8) is 0 Å². The number of rotatable bonds is 4. The number of amides is 1. The van der Waals surface area contributed by atoms with Crippen LogP contribution in [-0.4, -0.2) is 41.2 Å². The van der Waals surface area contributed by atoms with E-state index in [9.17, 15) is 14.7 Å². The van der Waals surface area contributed by atoms with Crippen LogP contribution in [0.2, 0.25) is 0 Å². The highest BCUT2D eigenvalue weighted by Gasteiger charge is 2.47. The molecule has 1 aliphatic heterocycles. The Morgan fingerprint density at radius 2 is 2.10 bits per heavy atom. The van der Waals surface area contributed by atoms with E-state index in [1.165, 1.54) is 11.8 Å². The molecule has 0 spiro atoms. The maximum Gasteiger partial charge on any atom is 0.308 e. The second kappa shape index (κ2) is 5.16. The van der Waals surface area contributed by atoms with Gasteiger partial charge < -0.3 is 14.4 Å². The van der Waals surface area contributed by atoms with E-state index in [0.717, 1.165) is 12.8 Å². The molecule has 1 aliphatic carbocycles. The Labute approximate surface area is 121 Å². The summed E-state index contributed by atoms with van der Waals surface area (Å²) in [6.45, 7) is 0.834. The lowest BCUT2D eigenvalue weighted by Crippen LogP contribution is -2.29. The van der Waals surface area contributed by atoms with E-state index in [1.54, 1.807) is 17.0 Å². The number of hydrogen-bond acceptors (Lipinski definition) is 4. The molecular weight excluding hydrogens is 278 g/mol. The third kappa shape index (κ3) is 2.44. The number of furan rings is 1. The molecule has 5 nitrogen and oxygen atoms in total. The lowest BCUT2D eigenvalue weighted by atomic mass is 9.92. The smallest absolute Gasteiger partial charge is 0.308 e. The Morgan fingerprint density at radius 1 is 1.35 bits per heavy atom. The van der Waals surface area contributed by atoms with Gasteiger partial charge in [0.25, 0.3) is 5.91 Å². The molecule has 2 aliphatic rings. The summed E-state index contributed by atoms with van der Waals surface area (Å²) < 4.78 is 5.44. The van der Waals surface area contributed by atoms with E-state index in [-0.39, 0.29) is 11.8 Å². The highest BCUT2D eigenvalue weighted by atomic mass is 32.2. The first-order chi connectivity index (χ1) is 9.60. The second-order valence-corrected chi connectivity index (χ2v) is 6.29. The Balaban J connectivity index is 1.74. The standard InChI is InChI=1S/C14H17NO4S/c1-20-12-5-4-11(19-12)13(16)15-6-9(8-2-3-8)10(7-15)14(17)18/h4-5,8-10H,2-3,6-7H2,1H3,(H,17,18)/t9-,10+/m1/s1. The maximum absolute atomic E-state index is 12.4. The zero-order chi connectivity index (χ0) is 14.3. The molecule has 1 amide bonds. The van der Waals surface area contributed by atoms with Crippen LogP contribution in [0.5, 0.6) is 0 Å². The van der Waals surface area contributed by atoms with Crippen LogP contribution in [0.1, 0.15) is 23.4 Å². The molecule has 2 fully saturated rings. The van der Waals surface area contributed by atoms with Gasteiger partial charge in [-0.2, -0.15) is 0 Å². The highest BCUT2D eigenvalue weighted by Crippen LogP contribution is 2.44. The van der Waals surface area contributed by atoms with Crippen LogP contribution in [0.25, 0.3) is 0 Å². The first kappa shape index (κ1) is 13.5. The van der Waals surface area contributed by atoms with Gasteiger partial charge in [0.05, 0.1) is 5.92 Å². The molecule has 1 aromatic heterocycles. The largest absolute Gasteiger partial charge is 0.481 e. The summed E-state index contributed by atoms with van der Waals surface area (Å²) in [4.78, 5) is 25.3. The molecule has 1 saturated heterocycles. The third-order valence-electron chi connectivity index (χ3n) is 4.19. The number of carbonyl (C=O) groups excluding carboxylic acids is 1. The van der Waals surface area contributed by atoms with E-state index >= 15 is 0 Å². The molecule has 2 heterocycles. The summed E-state index contributed by atoms with van der Waals surface area (Å²) in [5, 5.41) is 10.0. The van der Waals surface area contributed by atoms with Gasteiger partial charge in [-0.1, -0.05) is 11.8 Å². The molecule has 6 heteroatoms. The molecule has 3 rings (SSSR count). The third-order valence-corrected chi connectivity index (χ3v) is 4.81. The quantitative estimate of drug-likeness (QED) is 0.862. The summed E-state index contributed by atoms with van der Waals surface area (Å²) in [7, 11) is 0. The normalized spacial score (nSPS) is 25.9. The minimum absolute atomic E-state index is 0.103. The van der Waals surface area contributed by atoms with Gasteiger partial charge in [0.15, 0.2) is 10.9 Å². The molecule has 0 aromatic carbocycles. The Morgan fingerprint density at radius 3 is 2.65 bits per heavy atom. The number of likely N-dealkylation sites (tertiary alicyclic amines) is 1. The fourth-order valence-corrected chi connectivity index (χ4v) is 3.34. The molecule has 2 atom stereocenters. The van der Waals surface area contributed by atoms with Gasteiger partial charge in [-0.05, 0) is 43.1 Å². The minimum atomic E-state index is -0.790. The first-order valence-electron chi connectivity index (χ1n) is 6.76. The summed E-state index contributed by atoms with van der Waals surface area (Å²) in [5.74, 6) is -0.531. The van der Waals surface area contributed by atoms with Crippen LogP contribution in [0.3, 0.4) is 0 Å². The van der Waals surface area contributed by atoms with Crippen LogP contribution in [0, 0.1) is 17.8 Å². The van der Waals surface area contributed by atoms with Crippen LogP contribution >= 0.6 is 11.8 Å². The van der Waals surface area contributed by atoms with Gasteiger partial charge in [0, 0.05) is 13.1 Å². The number of aliphatic carboxylic acids is 1. The van der Waals surface area contributed by atoms with E-state index < -0.39 is 11.9 Å². The predicted molar refractivity (Wildman–Crippen MR) is 73.7 cm³/mol. The number of nitrogens with zero attached hydrogens (tertiary/aromatic N) is 1. The van der Waals surface area contributed by atoms with Crippen LogP contribution in [0.15, 0.2) is 21.6 Å². The minimum Gasteiger partial charge on any atom is -0.481 e. The van der Waals surface area contributed by atoms with Gasteiger partial charge in [-0.25, -0.2) is 0 Å². The van der Waals surface area contributed by atoms with E-state index in [1.807, 2.05) is 6.26 Å². The van der Waals surface area contributed by atoms with Gasteiger partial charge >= 0.3 is 5.97 Å². The number of carboxylic acid groups (broad SMARTS) is 1. The van der Waals surface area contributed by atoms with Crippen LogP contribution in [0.4, 0.5) is 0 Å². The fourth-order valence-electron chi connectivity index (χ4n) is 2.96. The molecule has 1 N–H and O–H groups in total. The number of thioether (sulfide) groups is 1. The van der Waals surface area contributed by atoms with E-state index in [2.05, 4.69) is 0 Å². The SMILES string of the molecule is CSc1ccc(C(=O)N2C[C@H](C(=O)O)[C@@H](C3CC3)C2)o1. The lowest BCUT2D eigenvalue weighted by Gasteiger charge is -2.14. The number of hydrogen-bond donors (Lipinski definition) is 1. The number of carboxylic acids is 1. The predicted octanol–water partition coefficient (Wildman–Crippen LogP) is 2.18. The van der Waals surface area contributed by atoms with Crippen molar-refractivity contribution in [3.8, 4) is 0 Å². The monoisotopic (exact) mass is 295 g/mol. The Bertz CT molecular complexity index is 537. The summed E-state index contributed by atoms with van der Waals surface area (Å²) in [6, 6.07) is 3.43. The highest BCUT2D eigenvalue weighted by molar-refractivity contribution is 7.98. The van der Waals surface area contributed by atoms with Crippen molar-refractivity contribution in [2.24, 2.45) is 17.8 Å². The number of carbonyl (C=O) groups is 2. The van der Waals surface area contributed by atoms with Gasteiger partial charge in [0.1, 0.15) is 0 Å². The molecule has 1 aromatic rings. The molecule has 0 bridgehead atoms. The van der Waals surface area contributed by atoms with Crippen molar-refractivity contribution < 1.29 is 19.1 Å². The Kier molecular flexibility index (Phi) is 3.50. The van der Waals surface area contributed by atoms with Crippen molar-refractivity contribution in [2.45, 2.75) is 17.9 Å². The van der Waals surface area contributed by atoms with Gasteiger partial charge in [-0.3, -0.25) is 9.59 Å². The van der Waals surface area contributed by atoms with Gasteiger partial charge in [-0.15, -0.1) is 0 Å². The van der Waals surface area contributed by atoms with Crippen molar-refractivity contribution in [1.82, 2.24) is 4.90 Å². The van der Waals surface area contributed by atoms with Crippen molar-refractivity contribution in [1.29, 1.82) is 0 Å². The van der Waals surface area contributed by atoms with Crippen LogP contribution < -0.4 is 0 Å². The molecule has 108 valence electrons. The fraction of sp³-hybridized carbons (Fsp3) is 0.571. The zero-order valence-electron chi connectivity index (χ0n) is 11.2. The molecule has 0 unspecified atom stereocenters. The van der Waals surface area contributed by atoms with Crippen molar-refractivity contribution >= 4 is 23.6 Å². The summed E-state index contributed by atoms with van der Waals surface area (Å²) in [6.07, 6.45) is 4.06. The van der Waals surface area contributed by atoms with Gasteiger partial charge in [0.2, 0.25) is 0 Å². The first-order valence-corrected chi connectivity index (χ1v) is 7.98. The summed E-state index contributed by atoms with van der Waals surface area (Å²) in [5.41, 5.74) is 0. The Hall–Kier alpha value is -1.43. The lowest BCUT2D eigenvalue weighted by molar-refractivity contribution is -0.142. The van der Waals surface area contributed by atoms with Crippen molar-refractivity contribution in [3.05, 3.63) is 17.9 Å². The maximum atomic E-state index is 12.4. The van der Waals surface area contributed by atoms with Crippen LogP contribution in [-0.2, 0) is 4.79 Å². The second-order valence-electron chi connectivity index (χ2n) is 5.48. The van der Waals surface area contributed by atoms with E-state index in [0.29, 0.717) is 29.9 Å².